The Balaban J connectivity index is 2.34. The van der Waals surface area contributed by atoms with Crippen molar-refractivity contribution in [2.75, 3.05) is 19.8 Å². The maximum Gasteiger partial charge on any atom is 0.0588 e. The Labute approximate surface area is 105 Å². The molecule has 1 aliphatic rings. The fraction of sp³-hybridized carbons (Fsp3) is 0.538. The van der Waals surface area contributed by atoms with Gasteiger partial charge in [-0.3, -0.25) is 0 Å². The van der Waals surface area contributed by atoms with Gasteiger partial charge in [0.25, 0.3) is 0 Å². The third-order valence-electron chi connectivity index (χ3n) is 3.68. The Morgan fingerprint density at radius 3 is 2.69 bits per heavy atom. The number of halogens is 1. The van der Waals surface area contributed by atoms with Gasteiger partial charge in [0.05, 0.1) is 13.2 Å². The summed E-state index contributed by atoms with van der Waals surface area (Å²) in [6.45, 7) is 4.54. The zero-order chi connectivity index (χ0) is 11.6. The first-order valence-corrected chi connectivity index (χ1v) is 6.56. The smallest absolute Gasteiger partial charge is 0.0588 e. The first-order chi connectivity index (χ1) is 7.73. The summed E-state index contributed by atoms with van der Waals surface area (Å²) in [5.74, 6) is 0.510. The maximum absolute atomic E-state index is 5.89. The highest BCUT2D eigenvalue weighted by molar-refractivity contribution is 9.10. The third kappa shape index (κ3) is 1.92. The van der Waals surface area contributed by atoms with Gasteiger partial charge in [0.1, 0.15) is 0 Å². The minimum Gasteiger partial charge on any atom is -0.379 e. The van der Waals surface area contributed by atoms with Crippen molar-refractivity contribution in [2.24, 2.45) is 11.7 Å². The monoisotopic (exact) mass is 283 g/mol. The molecule has 1 aliphatic heterocycles. The van der Waals surface area contributed by atoms with E-state index in [2.05, 4.69) is 47.1 Å². The zero-order valence-electron chi connectivity index (χ0n) is 9.58. The summed E-state index contributed by atoms with van der Waals surface area (Å²) in [6.07, 6.45) is 1.10. The van der Waals surface area contributed by atoms with Crippen LogP contribution in [0.2, 0.25) is 0 Å². The van der Waals surface area contributed by atoms with Crippen LogP contribution in [0.3, 0.4) is 0 Å². The van der Waals surface area contributed by atoms with Crippen LogP contribution in [0.5, 0.6) is 0 Å². The molecule has 2 nitrogen and oxygen atoms in total. The van der Waals surface area contributed by atoms with Gasteiger partial charge in [-0.15, -0.1) is 0 Å². The topological polar surface area (TPSA) is 35.2 Å². The van der Waals surface area contributed by atoms with E-state index < -0.39 is 0 Å². The lowest BCUT2D eigenvalue weighted by molar-refractivity contribution is -0.0898. The van der Waals surface area contributed by atoms with E-state index in [0.29, 0.717) is 5.92 Å². The molecular weight excluding hydrogens is 266 g/mol. The molecule has 0 spiro atoms. The van der Waals surface area contributed by atoms with Gasteiger partial charge in [0.2, 0.25) is 0 Å². The predicted molar refractivity (Wildman–Crippen MR) is 69.5 cm³/mol. The molecular formula is C13H18BrNO. The average Bonchev–Trinajstić information content (AvgIpc) is 2.23. The second kappa shape index (κ2) is 4.86. The lowest BCUT2D eigenvalue weighted by atomic mass is 9.67. The molecule has 2 rings (SSSR count). The van der Waals surface area contributed by atoms with Crippen LogP contribution < -0.4 is 5.73 Å². The van der Waals surface area contributed by atoms with Crippen LogP contribution in [0.4, 0.5) is 0 Å². The van der Waals surface area contributed by atoms with E-state index in [1.165, 1.54) is 5.56 Å². The number of benzene rings is 1. The quantitative estimate of drug-likeness (QED) is 0.922. The summed E-state index contributed by atoms with van der Waals surface area (Å²) < 4.78 is 6.57. The van der Waals surface area contributed by atoms with Gasteiger partial charge < -0.3 is 10.5 Å². The van der Waals surface area contributed by atoms with Crippen LogP contribution in [0.1, 0.15) is 18.9 Å². The van der Waals surface area contributed by atoms with Crippen LogP contribution in [-0.4, -0.2) is 19.8 Å². The number of ether oxygens (including phenoxy) is 1. The van der Waals surface area contributed by atoms with E-state index in [1.807, 2.05) is 0 Å². The van der Waals surface area contributed by atoms with E-state index in [-0.39, 0.29) is 5.41 Å². The summed E-state index contributed by atoms with van der Waals surface area (Å²) in [7, 11) is 0. The fourth-order valence-electron chi connectivity index (χ4n) is 2.54. The van der Waals surface area contributed by atoms with Gasteiger partial charge >= 0.3 is 0 Å². The number of nitrogens with two attached hydrogens (primary N) is 1. The lowest BCUT2D eigenvalue weighted by Crippen LogP contribution is -2.54. The van der Waals surface area contributed by atoms with Crippen molar-refractivity contribution < 1.29 is 4.74 Å². The third-order valence-corrected chi connectivity index (χ3v) is 4.17. The molecule has 1 unspecified atom stereocenters. The summed E-state index contributed by atoms with van der Waals surface area (Å²) in [5.41, 5.74) is 7.39. The van der Waals surface area contributed by atoms with Gasteiger partial charge in [-0.1, -0.05) is 41.4 Å². The molecule has 1 fully saturated rings. The van der Waals surface area contributed by atoms with E-state index in [4.69, 9.17) is 10.5 Å². The highest BCUT2D eigenvalue weighted by Gasteiger charge is 2.45. The van der Waals surface area contributed by atoms with E-state index in [9.17, 15) is 0 Å². The van der Waals surface area contributed by atoms with Gasteiger partial charge in [0.15, 0.2) is 0 Å². The molecule has 1 aromatic rings. The predicted octanol–water partition coefficient (Wildman–Crippen LogP) is 2.70. The highest BCUT2D eigenvalue weighted by Crippen LogP contribution is 2.41. The molecule has 1 heterocycles. The minimum absolute atomic E-state index is 0.146. The summed E-state index contributed by atoms with van der Waals surface area (Å²) in [5, 5.41) is 0. The Bertz CT molecular complexity index is 359. The van der Waals surface area contributed by atoms with E-state index in [0.717, 1.165) is 30.7 Å². The van der Waals surface area contributed by atoms with Gasteiger partial charge in [-0.05, 0) is 30.2 Å². The molecule has 1 aromatic carbocycles. The van der Waals surface area contributed by atoms with Crippen LogP contribution in [-0.2, 0) is 10.2 Å². The second-order valence-corrected chi connectivity index (χ2v) is 5.42. The minimum atomic E-state index is 0.146. The Morgan fingerprint density at radius 2 is 2.25 bits per heavy atom. The molecule has 0 aliphatic carbocycles. The van der Waals surface area contributed by atoms with Crippen molar-refractivity contribution in [2.45, 2.75) is 18.8 Å². The van der Waals surface area contributed by atoms with Crippen molar-refractivity contribution in [1.82, 2.24) is 0 Å². The van der Waals surface area contributed by atoms with Crippen molar-refractivity contribution >= 4 is 15.9 Å². The SMILES string of the molecule is CCC(CN)C1(c2cccc(Br)c2)COC1. The van der Waals surface area contributed by atoms with Crippen molar-refractivity contribution in [3.05, 3.63) is 34.3 Å². The summed E-state index contributed by atoms with van der Waals surface area (Å²) >= 11 is 3.53. The Morgan fingerprint density at radius 1 is 1.50 bits per heavy atom. The van der Waals surface area contributed by atoms with E-state index >= 15 is 0 Å². The lowest BCUT2D eigenvalue weighted by Gasteiger charge is -2.47. The molecule has 88 valence electrons. The van der Waals surface area contributed by atoms with Crippen LogP contribution in [0.15, 0.2) is 28.7 Å². The molecule has 0 aromatic heterocycles. The van der Waals surface area contributed by atoms with Gasteiger partial charge in [-0.2, -0.15) is 0 Å². The molecule has 0 radical (unpaired) electrons. The molecule has 1 saturated heterocycles. The molecule has 0 bridgehead atoms. The van der Waals surface area contributed by atoms with Crippen molar-refractivity contribution in [3.8, 4) is 0 Å². The van der Waals surface area contributed by atoms with Crippen molar-refractivity contribution in [3.63, 3.8) is 0 Å². The standard InChI is InChI=1S/C13H18BrNO/c1-2-10(7-15)13(8-16-9-13)11-4-3-5-12(14)6-11/h3-6,10H,2,7-9,15H2,1H3. The molecule has 16 heavy (non-hydrogen) atoms. The Kier molecular flexibility index (Phi) is 3.67. The molecule has 1 atom stereocenters. The number of hydrogen-bond acceptors (Lipinski definition) is 2. The van der Waals surface area contributed by atoms with Crippen LogP contribution in [0.25, 0.3) is 0 Å². The largest absolute Gasteiger partial charge is 0.379 e. The number of hydrogen-bond donors (Lipinski definition) is 1. The molecule has 2 N–H and O–H groups in total. The average molecular weight is 284 g/mol. The van der Waals surface area contributed by atoms with Crippen LogP contribution in [0, 0.1) is 5.92 Å². The van der Waals surface area contributed by atoms with Gasteiger partial charge in [-0.25, -0.2) is 0 Å². The normalized spacial score (nSPS) is 20.2. The first kappa shape index (κ1) is 12.1. The van der Waals surface area contributed by atoms with Crippen LogP contribution >= 0.6 is 15.9 Å². The maximum atomic E-state index is 5.89. The molecule has 0 amide bonds. The fourth-order valence-corrected chi connectivity index (χ4v) is 2.94. The van der Waals surface area contributed by atoms with Crippen molar-refractivity contribution in [1.29, 1.82) is 0 Å². The van der Waals surface area contributed by atoms with E-state index in [1.54, 1.807) is 0 Å². The Hall–Kier alpha value is -0.380. The first-order valence-electron chi connectivity index (χ1n) is 5.77. The second-order valence-electron chi connectivity index (χ2n) is 4.50. The van der Waals surface area contributed by atoms with Gasteiger partial charge in [0, 0.05) is 9.89 Å². The molecule has 0 saturated carbocycles. The summed E-state index contributed by atoms with van der Waals surface area (Å²) in [4.78, 5) is 0. The molecule has 3 heteroatoms. The zero-order valence-corrected chi connectivity index (χ0v) is 11.2. The summed E-state index contributed by atoms with van der Waals surface area (Å²) in [6, 6.07) is 8.52. The number of rotatable bonds is 4. The highest BCUT2D eigenvalue weighted by atomic mass is 79.9.